The lowest BCUT2D eigenvalue weighted by atomic mass is 9.71. The van der Waals surface area contributed by atoms with Gasteiger partial charge in [0.15, 0.2) is 0 Å². The summed E-state index contributed by atoms with van der Waals surface area (Å²) in [6.07, 6.45) is 15.1. The van der Waals surface area contributed by atoms with Crippen LogP contribution in [0.1, 0.15) is 91.5 Å². The van der Waals surface area contributed by atoms with E-state index in [0.717, 1.165) is 50.1 Å². The molecule has 1 aliphatic rings. The molecule has 1 aliphatic carbocycles. The number of hydrogen-bond acceptors (Lipinski definition) is 3. The van der Waals surface area contributed by atoms with Crippen LogP contribution in [0.25, 0.3) is 6.08 Å². The number of methoxy groups -OCH3 is 1. The van der Waals surface area contributed by atoms with Crippen molar-refractivity contribution in [3.8, 4) is 11.8 Å². The molecule has 0 heterocycles. The monoisotopic (exact) mass is 448 g/mol. The lowest BCUT2D eigenvalue weighted by Crippen LogP contribution is -2.25. The van der Waals surface area contributed by atoms with Gasteiger partial charge >= 0.3 is 0 Å². The van der Waals surface area contributed by atoms with E-state index in [-0.39, 0.29) is 5.41 Å². The molecule has 0 aliphatic heterocycles. The minimum Gasteiger partial charge on any atom is -0.496 e. The Morgan fingerprint density at radius 2 is 1.73 bits per heavy atom. The quantitative estimate of drug-likeness (QED) is 0.301. The summed E-state index contributed by atoms with van der Waals surface area (Å²) < 4.78 is 5.81. The van der Waals surface area contributed by atoms with Gasteiger partial charge in [-0.3, -0.25) is 0 Å². The van der Waals surface area contributed by atoms with Gasteiger partial charge in [0.2, 0.25) is 0 Å². The summed E-state index contributed by atoms with van der Waals surface area (Å²) in [5.41, 5.74) is 6.43. The van der Waals surface area contributed by atoms with Crippen LogP contribution in [0.2, 0.25) is 0 Å². The number of benzene rings is 1. The highest BCUT2D eigenvalue weighted by molar-refractivity contribution is 5.66. The van der Waals surface area contributed by atoms with Gasteiger partial charge in [-0.05, 0) is 66.4 Å². The first-order valence-electron chi connectivity index (χ1n) is 12.8. The maximum Gasteiger partial charge on any atom is 0.128 e. The molecule has 3 nitrogen and oxygen atoms in total. The zero-order chi connectivity index (χ0) is 24.3. The summed E-state index contributed by atoms with van der Waals surface area (Å²) in [7, 11) is 1.76. The van der Waals surface area contributed by atoms with Gasteiger partial charge in [-0.25, -0.2) is 0 Å². The molecule has 3 heteroatoms. The minimum atomic E-state index is 0.159. The molecule has 0 saturated carbocycles. The van der Waals surface area contributed by atoms with Crippen LogP contribution in [-0.4, -0.2) is 20.2 Å². The molecule has 0 saturated heterocycles. The first-order chi connectivity index (χ1) is 15.9. The predicted octanol–water partition coefficient (Wildman–Crippen LogP) is 8.48. The summed E-state index contributed by atoms with van der Waals surface area (Å²) in [5.74, 6) is 0.919. The van der Waals surface area contributed by atoms with Gasteiger partial charge in [0.25, 0.3) is 0 Å². The Balaban J connectivity index is 2.39. The minimum absolute atomic E-state index is 0.159. The Labute approximate surface area is 202 Å². The Kier molecular flexibility index (Phi) is 10.8. The Bertz CT molecular complexity index is 890. The molecule has 1 aromatic rings. The van der Waals surface area contributed by atoms with Crippen molar-refractivity contribution >= 4 is 11.8 Å². The highest BCUT2D eigenvalue weighted by Gasteiger charge is 2.29. The molecular weight excluding hydrogens is 404 g/mol. The number of hydrogen-bond donors (Lipinski definition) is 0. The van der Waals surface area contributed by atoms with Crippen LogP contribution < -0.4 is 9.64 Å². The number of nitrogens with zero attached hydrogens (tertiary/aromatic N) is 2. The van der Waals surface area contributed by atoms with Gasteiger partial charge in [0, 0.05) is 36.5 Å². The van der Waals surface area contributed by atoms with Crippen molar-refractivity contribution in [1.82, 2.24) is 0 Å². The summed E-state index contributed by atoms with van der Waals surface area (Å²) in [6, 6.07) is 8.90. The average Bonchev–Trinajstić information content (AvgIpc) is 2.79. The lowest BCUT2D eigenvalue weighted by molar-refractivity contribution is 0.349. The highest BCUT2D eigenvalue weighted by Crippen LogP contribution is 2.44. The largest absolute Gasteiger partial charge is 0.496 e. The smallest absolute Gasteiger partial charge is 0.128 e. The molecule has 0 amide bonds. The number of rotatable bonds is 12. The van der Waals surface area contributed by atoms with Crippen LogP contribution in [0.3, 0.4) is 0 Å². The molecule has 0 spiro atoms. The average molecular weight is 449 g/mol. The van der Waals surface area contributed by atoms with E-state index in [9.17, 15) is 5.26 Å². The molecule has 0 unspecified atom stereocenters. The second-order valence-electron chi connectivity index (χ2n) is 10.0. The van der Waals surface area contributed by atoms with Crippen LogP contribution in [-0.2, 0) is 0 Å². The van der Waals surface area contributed by atoms with E-state index >= 15 is 0 Å². The molecule has 0 aromatic heterocycles. The van der Waals surface area contributed by atoms with E-state index < -0.39 is 0 Å². The maximum absolute atomic E-state index is 9.33. The standard InChI is InChI=1S/C30H44N2O/c1-7-10-19-32(20-11-8-2)27-16-15-24(29(21-27)33-6)13-14-25-22-30(4,5)23-26(17-18-31)28(25)12-9-3/h13-17,21H,7-12,19-20,22-23H2,1-6H3/b14-13+,26-17+. The van der Waals surface area contributed by atoms with Crippen molar-refractivity contribution in [2.45, 2.75) is 86.0 Å². The van der Waals surface area contributed by atoms with E-state index in [1.54, 1.807) is 13.2 Å². The first kappa shape index (κ1) is 26.8. The molecule has 0 atom stereocenters. The molecule has 0 N–H and O–H groups in total. The molecule has 0 fully saturated rings. The fourth-order valence-corrected chi connectivity index (χ4v) is 4.75. The SMILES string of the molecule is CCCCN(CCCC)c1ccc(/C=C/C2=C(CCC)C(=C/C#N)/CC(C)(C)C2)c(OC)c1. The fourth-order valence-electron chi connectivity index (χ4n) is 4.75. The molecule has 33 heavy (non-hydrogen) atoms. The van der Waals surface area contributed by atoms with Crippen LogP contribution in [0.15, 0.2) is 47.1 Å². The predicted molar refractivity (Wildman–Crippen MR) is 143 cm³/mol. The number of anilines is 1. The number of nitriles is 1. The van der Waals surface area contributed by atoms with Crippen molar-refractivity contribution in [3.05, 3.63) is 52.6 Å². The Morgan fingerprint density at radius 1 is 1.03 bits per heavy atom. The van der Waals surface area contributed by atoms with Gasteiger partial charge in [-0.2, -0.15) is 5.26 Å². The van der Waals surface area contributed by atoms with Gasteiger partial charge in [-0.15, -0.1) is 0 Å². The second kappa shape index (κ2) is 13.3. The van der Waals surface area contributed by atoms with Crippen LogP contribution in [0, 0.1) is 16.7 Å². The molecule has 2 rings (SSSR count). The van der Waals surface area contributed by atoms with Gasteiger partial charge in [-0.1, -0.05) is 66.0 Å². The van der Waals surface area contributed by atoms with Crippen molar-refractivity contribution in [2.24, 2.45) is 5.41 Å². The lowest BCUT2D eigenvalue weighted by Gasteiger charge is -2.34. The van der Waals surface area contributed by atoms with Gasteiger partial charge < -0.3 is 9.64 Å². The summed E-state index contributed by atoms with van der Waals surface area (Å²) in [5, 5.41) is 9.33. The highest BCUT2D eigenvalue weighted by atomic mass is 16.5. The molecule has 1 aromatic carbocycles. The van der Waals surface area contributed by atoms with Crippen LogP contribution >= 0.6 is 0 Å². The summed E-state index contributed by atoms with van der Waals surface area (Å²) in [6.45, 7) is 13.5. The molecule has 180 valence electrons. The zero-order valence-corrected chi connectivity index (χ0v) is 21.8. The van der Waals surface area contributed by atoms with E-state index in [2.05, 4.69) is 75.9 Å². The third kappa shape index (κ3) is 7.81. The van der Waals surface area contributed by atoms with Crippen molar-refractivity contribution in [1.29, 1.82) is 5.26 Å². The van der Waals surface area contributed by atoms with Gasteiger partial charge in [0.1, 0.15) is 5.75 Å². The fraction of sp³-hybridized carbons (Fsp3) is 0.567. The van der Waals surface area contributed by atoms with Crippen molar-refractivity contribution in [2.75, 3.05) is 25.1 Å². The number of unbranched alkanes of at least 4 members (excludes halogenated alkanes) is 2. The Morgan fingerprint density at radius 3 is 2.30 bits per heavy atom. The number of allylic oxidation sites excluding steroid dienone is 5. The topological polar surface area (TPSA) is 36.3 Å². The van der Waals surface area contributed by atoms with E-state index in [4.69, 9.17) is 4.74 Å². The Hall–Kier alpha value is -2.47. The third-order valence-corrected chi connectivity index (χ3v) is 6.46. The van der Waals surface area contributed by atoms with E-state index in [1.807, 2.05) is 0 Å². The normalized spacial score (nSPS) is 16.9. The van der Waals surface area contributed by atoms with Crippen LogP contribution in [0.4, 0.5) is 5.69 Å². The first-order valence-corrected chi connectivity index (χ1v) is 12.8. The van der Waals surface area contributed by atoms with E-state index in [0.29, 0.717) is 0 Å². The third-order valence-electron chi connectivity index (χ3n) is 6.46. The van der Waals surface area contributed by atoms with Crippen molar-refractivity contribution in [3.63, 3.8) is 0 Å². The summed E-state index contributed by atoms with van der Waals surface area (Å²) in [4.78, 5) is 2.49. The van der Waals surface area contributed by atoms with Gasteiger partial charge in [0.05, 0.1) is 13.2 Å². The maximum atomic E-state index is 9.33. The second-order valence-corrected chi connectivity index (χ2v) is 10.0. The molecule has 0 bridgehead atoms. The molecule has 0 radical (unpaired) electrons. The van der Waals surface area contributed by atoms with Crippen LogP contribution in [0.5, 0.6) is 5.75 Å². The van der Waals surface area contributed by atoms with E-state index in [1.165, 1.54) is 48.1 Å². The number of ether oxygens (including phenoxy) is 1. The zero-order valence-electron chi connectivity index (χ0n) is 21.8. The summed E-state index contributed by atoms with van der Waals surface area (Å²) >= 11 is 0. The van der Waals surface area contributed by atoms with Crippen molar-refractivity contribution < 1.29 is 4.74 Å². The molecular formula is C30H44N2O.